The number of hydrogen-bond acceptors (Lipinski definition) is 4. The van der Waals surface area contributed by atoms with E-state index in [4.69, 9.17) is 4.74 Å². The second-order valence-corrected chi connectivity index (χ2v) is 4.49. The lowest BCUT2D eigenvalue weighted by molar-refractivity contribution is -0.160. The van der Waals surface area contributed by atoms with Crippen LogP contribution >= 0.6 is 0 Å². The molecule has 4 heteroatoms. The Morgan fingerprint density at radius 1 is 1.35 bits per heavy atom. The first-order valence-corrected chi connectivity index (χ1v) is 5.24. The van der Waals surface area contributed by atoms with Crippen LogP contribution in [0.4, 0.5) is 0 Å². The predicted octanol–water partition coefficient (Wildman–Crippen LogP) is 2.01. The number of ether oxygens (including phenoxy) is 1. The van der Waals surface area contributed by atoms with Crippen molar-refractivity contribution >= 4 is 17.8 Å². The summed E-state index contributed by atoms with van der Waals surface area (Å²) in [6.07, 6.45) is 5.94. The molecule has 0 saturated carbocycles. The summed E-state index contributed by atoms with van der Waals surface area (Å²) < 4.78 is 4.93. The van der Waals surface area contributed by atoms with Gasteiger partial charge in [-0.2, -0.15) is 0 Å². The molecule has 0 fully saturated rings. The summed E-state index contributed by atoms with van der Waals surface area (Å²) in [6, 6.07) is 3.53. The van der Waals surface area contributed by atoms with Crippen LogP contribution in [-0.4, -0.2) is 22.3 Å². The van der Waals surface area contributed by atoms with E-state index in [2.05, 4.69) is 4.98 Å². The van der Waals surface area contributed by atoms with Gasteiger partial charge in [-0.15, -0.1) is 0 Å². The molecule has 0 saturated heterocycles. The molecule has 1 heterocycles. The van der Waals surface area contributed by atoms with Gasteiger partial charge in [-0.1, -0.05) is 6.07 Å². The normalized spacial score (nSPS) is 11.5. The molecule has 0 amide bonds. The minimum Gasteiger partial charge on any atom is -0.454 e. The molecule has 0 N–H and O–H groups in total. The lowest BCUT2D eigenvalue weighted by Crippen LogP contribution is -2.27. The third-order valence-corrected chi connectivity index (χ3v) is 1.71. The summed E-state index contributed by atoms with van der Waals surface area (Å²) in [5.41, 5.74) is 0.0962. The lowest BCUT2D eigenvalue weighted by Gasteiger charge is -2.18. The minimum atomic E-state index is -0.849. The first kappa shape index (κ1) is 13.1. The molecule has 1 rings (SSSR count). The molecule has 0 aliphatic rings. The standard InChI is InChI=1S/C13H15NO3/c1-13(2,3)17-12(16)11(15)7-6-10-5-4-8-14-9-10/h4-9H,1-3H3. The largest absolute Gasteiger partial charge is 0.454 e. The van der Waals surface area contributed by atoms with Crippen LogP contribution in [0.25, 0.3) is 6.08 Å². The highest BCUT2D eigenvalue weighted by molar-refractivity contribution is 6.39. The van der Waals surface area contributed by atoms with Gasteiger partial charge in [0, 0.05) is 12.4 Å². The zero-order valence-corrected chi connectivity index (χ0v) is 10.1. The smallest absolute Gasteiger partial charge is 0.379 e. The fourth-order valence-corrected chi connectivity index (χ4v) is 1.04. The Morgan fingerprint density at radius 3 is 2.59 bits per heavy atom. The van der Waals surface area contributed by atoms with Gasteiger partial charge in [-0.3, -0.25) is 9.78 Å². The third kappa shape index (κ3) is 5.06. The number of carbonyl (C=O) groups excluding carboxylic acids is 2. The van der Waals surface area contributed by atoms with E-state index in [0.717, 1.165) is 5.56 Å². The van der Waals surface area contributed by atoms with Crippen molar-refractivity contribution in [2.24, 2.45) is 0 Å². The Balaban J connectivity index is 2.61. The Hall–Kier alpha value is -1.97. The quantitative estimate of drug-likeness (QED) is 0.455. The van der Waals surface area contributed by atoms with Crippen molar-refractivity contribution in [3.05, 3.63) is 36.2 Å². The fourth-order valence-electron chi connectivity index (χ4n) is 1.04. The Morgan fingerprint density at radius 2 is 2.06 bits per heavy atom. The van der Waals surface area contributed by atoms with E-state index in [1.54, 1.807) is 45.3 Å². The average molecular weight is 233 g/mol. The average Bonchev–Trinajstić information content (AvgIpc) is 2.25. The molecular weight excluding hydrogens is 218 g/mol. The van der Waals surface area contributed by atoms with E-state index in [9.17, 15) is 9.59 Å². The van der Waals surface area contributed by atoms with Crippen LogP contribution in [-0.2, 0) is 14.3 Å². The van der Waals surface area contributed by atoms with Crippen LogP contribution < -0.4 is 0 Å². The highest BCUT2D eigenvalue weighted by Gasteiger charge is 2.20. The summed E-state index contributed by atoms with van der Waals surface area (Å²) in [5.74, 6) is -1.53. The SMILES string of the molecule is CC(C)(C)OC(=O)C(=O)C=Cc1cccnc1. The third-order valence-electron chi connectivity index (χ3n) is 1.71. The number of nitrogens with zero attached hydrogens (tertiary/aromatic N) is 1. The van der Waals surface area contributed by atoms with E-state index in [-0.39, 0.29) is 0 Å². The van der Waals surface area contributed by atoms with E-state index in [1.807, 2.05) is 0 Å². The van der Waals surface area contributed by atoms with Gasteiger partial charge >= 0.3 is 5.97 Å². The lowest BCUT2D eigenvalue weighted by atomic mass is 10.2. The molecule has 4 nitrogen and oxygen atoms in total. The van der Waals surface area contributed by atoms with Crippen LogP contribution in [0.3, 0.4) is 0 Å². The Bertz CT molecular complexity index is 430. The fraction of sp³-hybridized carbons (Fsp3) is 0.308. The molecule has 90 valence electrons. The first-order chi connectivity index (χ1) is 7.88. The maximum Gasteiger partial charge on any atom is 0.379 e. The molecule has 0 radical (unpaired) electrons. The van der Waals surface area contributed by atoms with Crippen molar-refractivity contribution in [2.75, 3.05) is 0 Å². The molecule has 17 heavy (non-hydrogen) atoms. The van der Waals surface area contributed by atoms with Gasteiger partial charge in [0.05, 0.1) is 0 Å². The second-order valence-electron chi connectivity index (χ2n) is 4.49. The van der Waals surface area contributed by atoms with Crippen LogP contribution in [0.5, 0.6) is 0 Å². The molecule has 1 aromatic rings. The number of aromatic nitrogens is 1. The van der Waals surface area contributed by atoms with E-state index < -0.39 is 17.4 Å². The predicted molar refractivity (Wildman–Crippen MR) is 64.1 cm³/mol. The zero-order valence-electron chi connectivity index (χ0n) is 10.1. The van der Waals surface area contributed by atoms with Crippen LogP contribution in [0.1, 0.15) is 26.3 Å². The summed E-state index contributed by atoms with van der Waals surface area (Å²) in [7, 11) is 0. The van der Waals surface area contributed by atoms with Gasteiger partial charge in [0.15, 0.2) is 0 Å². The van der Waals surface area contributed by atoms with E-state index >= 15 is 0 Å². The van der Waals surface area contributed by atoms with E-state index in [0.29, 0.717) is 0 Å². The molecule has 0 atom stereocenters. The molecule has 1 aromatic heterocycles. The number of esters is 1. The van der Waals surface area contributed by atoms with Crippen molar-refractivity contribution in [3.8, 4) is 0 Å². The Labute approximate surface area is 100 Å². The number of ketones is 1. The van der Waals surface area contributed by atoms with Crippen molar-refractivity contribution in [1.29, 1.82) is 0 Å². The maximum absolute atomic E-state index is 11.4. The minimum absolute atomic E-state index is 0.658. The van der Waals surface area contributed by atoms with Crippen molar-refractivity contribution < 1.29 is 14.3 Å². The number of carbonyl (C=O) groups is 2. The summed E-state index contributed by atoms with van der Waals surface area (Å²) >= 11 is 0. The van der Waals surface area contributed by atoms with Crippen LogP contribution in [0.2, 0.25) is 0 Å². The van der Waals surface area contributed by atoms with Crippen molar-refractivity contribution in [1.82, 2.24) is 4.98 Å². The van der Waals surface area contributed by atoms with E-state index in [1.165, 1.54) is 12.2 Å². The van der Waals surface area contributed by atoms with Crippen LogP contribution in [0.15, 0.2) is 30.6 Å². The molecule has 0 aliphatic carbocycles. The summed E-state index contributed by atoms with van der Waals surface area (Å²) in [4.78, 5) is 26.6. The summed E-state index contributed by atoms with van der Waals surface area (Å²) in [5, 5.41) is 0. The molecular formula is C13H15NO3. The van der Waals surface area contributed by atoms with Gasteiger partial charge < -0.3 is 4.74 Å². The highest BCUT2D eigenvalue weighted by Crippen LogP contribution is 2.07. The molecule has 0 aromatic carbocycles. The molecule has 0 aliphatic heterocycles. The maximum atomic E-state index is 11.4. The molecule has 0 unspecified atom stereocenters. The molecule has 0 spiro atoms. The molecule has 0 bridgehead atoms. The van der Waals surface area contributed by atoms with Gasteiger partial charge in [-0.25, -0.2) is 4.79 Å². The number of rotatable bonds is 3. The second kappa shape index (κ2) is 5.39. The number of hydrogen-bond donors (Lipinski definition) is 0. The van der Waals surface area contributed by atoms with Gasteiger partial charge in [0.2, 0.25) is 0 Å². The zero-order chi connectivity index (χ0) is 12.9. The topological polar surface area (TPSA) is 56.3 Å². The van der Waals surface area contributed by atoms with Crippen molar-refractivity contribution in [3.63, 3.8) is 0 Å². The van der Waals surface area contributed by atoms with Crippen molar-refractivity contribution in [2.45, 2.75) is 26.4 Å². The summed E-state index contributed by atoms with van der Waals surface area (Å²) in [6.45, 7) is 5.13. The highest BCUT2D eigenvalue weighted by atomic mass is 16.6. The van der Waals surface area contributed by atoms with Crippen LogP contribution in [0, 0.1) is 0 Å². The monoisotopic (exact) mass is 233 g/mol. The Kier molecular flexibility index (Phi) is 4.15. The van der Waals surface area contributed by atoms with Gasteiger partial charge in [0.25, 0.3) is 5.78 Å². The van der Waals surface area contributed by atoms with Gasteiger partial charge in [0.1, 0.15) is 5.60 Å². The van der Waals surface area contributed by atoms with Gasteiger partial charge in [-0.05, 0) is 44.6 Å². The number of pyridine rings is 1. The first-order valence-electron chi connectivity index (χ1n) is 5.24.